The first-order chi connectivity index (χ1) is 15.9. The van der Waals surface area contributed by atoms with Crippen molar-refractivity contribution in [3.05, 3.63) is 71.2 Å². The average Bonchev–Trinajstić information content (AvgIpc) is 3.56. The Kier molecular flexibility index (Phi) is 5.79. The molecule has 2 aromatic rings. The lowest BCUT2D eigenvalue weighted by atomic mass is 9.99. The summed E-state index contributed by atoms with van der Waals surface area (Å²) in [6.45, 7) is 6.18. The number of halogens is 1. The smallest absolute Gasteiger partial charge is 0.254 e. The molecular weight excluding hydrogens is 417 g/mol. The van der Waals surface area contributed by atoms with E-state index >= 15 is 0 Å². The summed E-state index contributed by atoms with van der Waals surface area (Å²) in [5.74, 6) is -0.110. The molecule has 3 aliphatic rings. The monoisotopic (exact) mass is 447 g/mol. The highest BCUT2D eigenvalue weighted by Gasteiger charge is 2.45. The molecule has 5 nitrogen and oxygen atoms in total. The number of carbonyl (C=O) groups excluding carboxylic acids is 2. The van der Waals surface area contributed by atoms with E-state index in [1.807, 2.05) is 47.9 Å². The van der Waals surface area contributed by atoms with Gasteiger partial charge in [0.15, 0.2) is 0 Å². The van der Waals surface area contributed by atoms with Crippen molar-refractivity contribution < 1.29 is 14.0 Å². The minimum Gasteiger partial charge on any atom is -0.301 e. The summed E-state index contributed by atoms with van der Waals surface area (Å²) in [5.41, 5.74) is 4.20. The second-order valence-electron chi connectivity index (χ2n) is 9.44. The maximum atomic E-state index is 13.4. The van der Waals surface area contributed by atoms with Gasteiger partial charge >= 0.3 is 0 Å². The molecule has 1 unspecified atom stereocenters. The van der Waals surface area contributed by atoms with E-state index in [4.69, 9.17) is 0 Å². The number of allylic oxidation sites excluding steroid dienone is 1. The number of hydrogen-bond donors (Lipinski definition) is 0. The van der Waals surface area contributed by atoms with Gasteiger partial charge in [0.2, 0.25) is 5.91 Å². The molecule has 2 amide bonds. The highest BCUT2D eigenvalue weighted by molar-refractivity contribution is 5.97. The Balaban J connectivity index is 1.53. The Hall–Kier alpha value is -2.99. The maximum absolute atomic E-state index is 13.4. The van der Waals surface area contributed by atoms with Gasteiger partial charge in [0.25, 0.3) is 5.91 Å². The molecule has 2 aliphatic heterocycles. The van der Waals surface area contributed by atoms with Crippen molar-refractivity contribution in [3.8, 4) is 11.1 Å². The lowest BCUT2D eigenvalue weighted by Crippen LogP contribution is -2.54. The first-order valence-electron chi connectivity index (χ1n) is 11.8. The van der Waals surface area contributed by atoms with Crippen LogP contribution in [0.2, 0.25) is 0 Å². The van der Waals surface area contributed by atoms with Crippen LogP contribution in [0.1, 0.15) is 51.3 Å². The average molecular weight is 448 g/mol. The van der Waals surface area contributed by atoms with Crippen LogP contribution < -0.4 is 0 Å². The molecule has 2 fully saturated rings. The zero-order chi connectivity index (χ0) is 23.1. The molecule has 1 saturated heterocycles. The molecule has 2 aromatic carbocycles. The Morgan fingerprint density at radius 2 is 1.52 bits per heavy atom. The number of hydrogen-bond acceptors (Lipinski definition) is 3. The van der Waals surface area contributed by atoms with Gasteiger partial charge in [0, 0.05) is 17.2 Å². The van der Waals surface area contributed by atoms with Crippen LogP contribution in [0.5, 0.6) is 0 Å². The van der Waals surface area contributed by atoms with Crippen molar-refractivity contribution in [1.82, 2.24) is 14.7 Å². The molecule has 0 spiro atoms. The third-order valence-electron chi connectivity index (χ3n) is 7.13. The molecule has 0 radical (unpaired) electrons. The second kappa shape index (κ2) is 8.75. The third kappa shape index (κ3) is 4.20. The van der Waals surface area contributed by atoms with Crippen molar-refractivity contribution in [2.24, 2.45) is 5.92 Å². The zero-order valence-corrected chi connectivity index (χ0v) is 19.3. The SMILES string of the molecule is CC1=C(C)N(C(=O)C2CC2)C(c2ccc(-c3ccc(F)cc3)cc2)N(CN2CCCC2)C1=O. The van der Waals surface area contributed by atoms with Crippen molar-refractivity contribution in [2.45, 2.75) is 45.7 Å². The fourth-order valence-corrected chi connectivity index (χ4v) is 4.90. The number of rotatable bonds is 5. The van der Waals surface area contributed by atoms with Crippen LogP contribution in [0.15, 0.2) is 59.8 Å². The Morgan fingerprint density at radius 3 is 2.09 bits per heavy atom. The largest absolute Gasteiger partial charge is 0.301 e. The summed E-state index contributed by atoms with van der Waals surface area (Å²) >= 11 is 0. The number of carbonyl (C=O) groups is 2. The standard InChI is InChI=1S/C27H30FN3O2/c1-18-19(2)31(27(33)23-9-10-23)25(30(26(18)32)17-29-15-3-4-16-29)22-7-5-20(6-8-22)21-11-13-24(28)14-12-21/h5-8,11-14,23,25H,3-4,9-10,15-17H2,1-2H3. The molecule has 0 bridgehead atoms. The molecule has 6 heteroatoms. The van der Waals surface area contributed by atoms with Crippen molar-refractivity contribution in [2.75, 3.05) is 19.8 Å². The van der Waals surface area contributed by atoms with Gasteiger partial charge in [-0.1, -0.05) is 36.4 Å². The van der Waals surface area contributed by atoms with Crippen molar-refractivity contribution in [3.63, 3.8) is 0 Å². The van der Waals surface area contributed by atoms with Gasteiger partial charge in [0.05, 0.1) is 6.67 Å². The predicted octanol–water partition coefficient (Wildman–Crippen LogP) is 4.92. The minimum absolute atomic E-state index is 0.00754. The highest BCUT2D eigenvalue weighted by atomic mass is 19.1. The first kappa shape index (κ1) is 21.8. The molecule has 0 aromatic heterocycles. The van der Waals surface area contributed by atoms with Crippen LogP contribution in [0.3, 0.4) is 0 Å². The molecule has 1 saturated carbocycles. The lowest BCUT2D eigenvalue weighted by molar-refractivity contribution is -0.148. The van der Waals surface area contributed by atoms with E-state index in [1.54, 1.807) is 12.1 Å². The highest BCUT2D eigenvalue weighted by Crippen LogP contribution is 2.41. The number of benzene rings is 2. The van der Waals surface area contributed by atoms with Crippen LogP contribution in [0, 0.1) is 11.7 Å². The summed E-state index contributed by atoms with van der Waals surface area (Å²) in [7, 11) is 0. The summed E-state index contributed by atoms with van der Waals surface area (Å²) in [4.78, 5) is 32.9. The molecule has 172 valence electrons. The van der Waals surface area contributed by atoms with E-state index in [-0.39, 0.29) is 23.5 Å². The van der Waals surface area contributed by atoms with Crippen LogP contribution >= 0.6 is 0 Å². The van der Waals surface area contributed by atoms with Gasteiger partial charge in [-0.05, 0) is 81.4 Å². The normalized spacial score (nSPS) is 21.8. The zero-order valence-electron chi connectivity index (χ0n) is 19.3. The summed E-state index contributed by atoms with van der Waals surface area (Å²) in [6.07, 6.45) is 3.64. The van der Waals surface area contributed by atoms with Gasteiger partial charge < -0.3 is 4.90 Å². The van der Waals surface area contributed by atoms with Gasteiger partial charge in [-0.2, -0.15) is 0 Å². The summed E-state index contributed by atoms with van der Waals surface area (Å²) in [6, 6.07) is 14.4. The third-order valence-corrected chi connectivity index (χ3v) is 7.13. The topological polar surface area (TPSA) is 43.9 Å². The van der Waals surface area contributed by atoms with E-state index in [2.05, 4.69) is 4.90 Å². The first-order valence-corrected chi connectivity index (χ1v) is 11.8. The molecule has 5 rings (SSSR count). The van der Waals surface area contributed by atoms with Gasteiger partial charge in [-0.25, -0.2) is 4.39 Å². The second-order valence-corrected chi connectivity index (χ2v) is 9.44. The van der Waals surface area contributed by atoms with E-state index in [0.717, 1.165) is 61.2 Å². The van der Waals surface area contributed by atoms with E-state index in [1.165, 1.54) is 12.1 Å². The lowest BCUT2D eigenvalue weighted by Gasteiger charge is -2.46. The number of nitrogens with zero attached hydrogens (tertiary/aromatic N) is 3. The summed E-state index contributed by atoms with van der Waals surface area (Å²) in [5, 5.41) is 0. The predicted molar refractivity (Wildman–Crippen MR) is 125 cm³/mol. The van der Waals surface area contributed by atoms with Crippen LogP contribution in [0.25, 0.3) is 11.1 Å². The molecule has 33 heavy (non-hydrogen) atoms. The number of likely N-dealkylation sites (tertiary alicyclic amines) is 1. The van der Waals surface area contributed by atoms with Gasteiger partial charge in [-0.15, -0.1) is 0 Å². The molecule has 0 N–H and O–H groups in total. The summed E-state index contributed by atoms with van der Waals surface area (Å²) < 4.78 is 13.3. The van der Waals surface area contributed by atoms with Gasteiger partial charge in [0.1, 0.15) is 12.0 Å². The quantitative estimate of drug-likeness (QED) is 0.654. The Labute approximate surface area is 194 Å². The van der Waals surface area contributed by atoms with E-state index in [9.17, 15) is 14.0 Å². The Morgan fingerprint density at radius 1 is 0.939 bits per heavy atom. The molecule has 1 atom stereocenters. The fraction of sp³-hybridized carbons (Fsp3) is 0.407. The van der Waals surface area contributed by atoms with Crippen molar-refractivity contribution in [1.29, 1.82) is 0 Å². The van der Waals surface area contributed by atoms with Gasteiger partial charge in [-0.3, -0.25) is 19.4 Å². The minimum atomic E-state index is -0.461. The molecule has 1 aliphatic carbocycles. The van der Waals surface area contributed by atoms with E-state index < -0.39 is 6.17 Å². The maximum Gasteiger partial charge on any atom is 0.254 e. The molecular formula is C27H30FN3O2. The van der Waals surface area contributed by atoms with Crippen molar-refractivity contribution >= 4 is 11.8 Å². The fourth-order valence-electron chi connectivity index (χ4n) is 4.90. The Bertz CT molecular complexity index is 1080. The van der Waals surface area contributed by atoms with E-state index in [0.29, 0.717) is 12.2 Å². The van der Waals surface area contributed by atoms with Crippen LogP contribution in [-0.4, -0.2) is 46.3 Å². The van der Waals surface area contributed by atoms with Crippen LogP contribution in [-0.2, 0) is 9.59 Å². The number of amides is 2. The van der Waals surface area contributed by atoms with Crippen LogP contribution in [0.4, 0.5) is 4.39 Å². The molecule has 2 heterocycles.